The molecule has 0 bridgehead atoms. The van der Waals surface area contributed by atoms with E-state index in [-0.39, 0.29) is 35.1 Å². The Bertz CT molecular complexity index is 1180. The van der Waals surface area contributed by atoms with Crippen LogP contribution < -0.4 is 15.0 Å². The van der Waals surface area contributed by atoms with Gasteiger partial charge in [0.05, 0.1) is 35.9 Å². The van der Waals surface area contributed by atoms with E-state index in [0.29, 0.717) is 28.6 Å². The van der Waals surface area contributed by atoms with E-state index >= 15 is 0 Å². The molecule has 0 saturated carbocycles. The second kappa shape index (κ2) is 9.69. The highest BCUT2D eigenvalue weighted by Gasteiger charge is 2.50. The highest BCUT2D eigenvalue weighted by Crippen LogP contribution is 2.40. The summed E-state index contributed by atoms with van der Waals surface area (Å²) in [5.74, 6) is -2.05. The van der Waals surface area contributed by atoms with Crippen LogP contribution in [0, 0.1) is 17.8 Å². The summed E-state index contributed by atoms with van der Waals surface area (Å²) < 4.78 is 10.2. The number of fused-ring (bicyclic) bond motifs is 1. The zero-order chi connectivity index (χ0) is 24.4. The second-order valence-corrected chi connectivity index (χ2v) is 8.62. The molecule has 1 aliphatic heterocycles. The number of nitrogens with zero attached hydrogens (tertiary/aromatic N) is 1. The van der Waals surface area contributed by atoms with Crippen LogP contribution in [-0.2, 0) is 19.1 Å². The fraction of sp³-hybridized carbons (Fsp3) is 0.280. The van der Waals surface area contributed by atoms with Crippen molar-refractivity contribution in [2.75, 3.05) is 23.9 Å². The third-order valence-corrected chi connectivity index (χ3v) is 6.24. The van der Waals surface area contributed by atoms with Crippen molar-refractivity contribution in [3.63, 3.8) is 0 Å². The molecular weight excluding hydrogens is 460 g/mol. The Morgan fingerprint density at radius 3 is 2.53 bits per heavy atom. The zero-order valence-corrected chi connectivity index (χ0v) is 19.4. The minimum absolute atomic E-state index is 0.00697. The van der Waals surface area contributed by atoms with Gasteiger partial charge in [-0.3, -0.25) is 19.3 Å². The number of benzene rings is 2. The first kappa shape index (κ1) is 23.5. The molecule has 2 aliphatic rings. The third kappa shape index (κ3) is 4.54. The predicted molar refractivity (Wildman–Crippen MR) is 126 cm³/mol. The van der Waals surface area contributed by atoms with Gasteiger partial charge in [0, 0.05) is 5.02 Å². The number of methoxy groups -OCH3 is 1. The van der Waals surface area contributed by atoms with Crippen molar-refractivity contribution in [2.45, 2.75) is 13.3 Å². The van der Waals surface area contributed by atoms with E-state index in [0.717, 1.165) is 0 Å². The predicted octanol–water partition coefficient (Wildman–Crippen LogP) is 3.85. The fourth-order valence-corrected chi connectivity index (χ4v) is 4.50. The van der Waals surface area contributed by atoms with E-state index in [1.54, 1.807) is 12.1 Å². The van der Waals surface area contributed by atoms with Crippen molar-refractivity contribution in [3.05, 3.63) is 65.2 Å². The van der Waals surface area contributed by atoms with Crippen molar-refractivity contribution in [1.82, 2.24) is 0 Å². The molecule has 3 atom stereocenters. The molecule has 1 heterocycles. The summed E-state index contributed by atoms with van der Waals surface area (Å²) in [5.41, 5.74) is 0.938. The molecule has 0 spiro atoms. The van der Waals surface area contributed by atoms with Crippen LogP contribution in [-0.4, -0.2) is 37.4 Å². The lowest BCUT2D eigenvalue weighted by Crippen LogP contribution is -2.31. The second-order valence-electron chi connectivity index (χ2n) is 8.18. The smallest absolute Gasteiger partial charge is 0.338 e. The molecule has 1 N–H and O–H groups in total. The first-order chi connectivity index (χ1) is 16.3. The number of hydrogen-bond acceptors (Lipinski definition) is 6. The number of esters is 1. The van der Waals surface area contributed by atoms with Crippen LogP contribution in [0.1, 0.15) is 23.7 Å². The van der Waals surface area contributed by atoms with Crippen LogP contribution in [0.25, 0.3) is 0 Å². The molecule has 4 rings (SSSR count). The summed E-state index contributed by atoms with van der Waals surface area (Å²) in [6.45, 7) is 1.41. The Labute approximate surface area is 201 Å². The summed E-state index contributed by atoms with van der Waals surface area (Å²) in [6.07, 6.45) is 4.45. The lowest BCUT2D eigenvalue weighted by molar-refractivity contribution is -0.123. The first-order valence-corrected chi connectivity index (χ1v) is 11.1. The zero-order valence-electron chi connectivity index (χ0n) is 18.6. The number of halogens is 1. The monoisotopic (exact) mass is 482 g/mol. The van der Waals surface area contributed by atoms with Crippen LogP contribution in [0.5, 0.6) is 5.75 Å². The van der Waals surface area contributed by atoms with Gasteiger partial charge in [-0.1, -0.05) is 30.7 Å². The van der Waals surface area contributed by atoms with Gasteiger partial charge >= 0.3 is 5.97 Å². The quantitative estimate of drug-likeness (QED) is 0.381. The number of amides is 3. The highest BCUT2D eigenvalue weighted by atomic mass is 35.5. The molecular formula is C25H23ClN2O6. The van der Waals surface area contributed by atoms with Gasteiger partial charge in [-0.25, -0.2) is 4.79 Å². The molecule has 2 aromatic rings. The molecule has 176 valence electrons. The lowest BCUT2D eigenvalue weighted by Gasteiger charge is -2.22. The summed E-state index contributed by atoms with van der Waals surface area (Å²) in [7, 11) is 1.46. The molecule has 8 nitrogen and oxygen atoms in total. The summed E-state index contributed by atoms with van der Waals surface area (Å²) >= 11 is 5.94. The highest BCUT2D eigenvalue weighted by molar-refractivity contribution is 6.31. The number of ether oxygens (including phenoxy) is 2. The van der Waals surface area contributed by atoms with Crippen molar-refractivity contribution in [1.29, 1.82) is 0 Å². The van der Waals surface area contributed by atoms with E-state index in [1.165, 1.54) is 42.3 Å². The minimum atomic E-state index is -0.717. The number of hydrogen-bond donors (Lipinski definition) is 1. The third-order valence-electron chi connectivity index (χ3n) is 6.00. The molecule has 34 heavy (non-hydrogen) atoms. The Kier molecular flexibility index (Phi) is 6.70. The Balaban J connectivity index is 1.37. The van der Waals surface area contributed by atoms with Crippen LogP contribution in [0.15, 0.2) is 54.6 Å². The van der Waals surface area contributed by atoms with Gasteiger partial charge in [-0.15, -0.1) is 0 Å². The Hall–Kier alpha value is -3.65. The molecule has 1 aliphatic carbocycles. The van der Waals surface area contributed by atoms with E-state index in [9.17, 15) is 19.2 Å². The van der Waals surface area contributed by atoms with Crippen molar-refractivity contribution in [2.24, 2.45) is 17.8 Å². The molecule has 9 heteroatoms. The number of allylic oxidation sites excluding steroid dienone is 2. The molecule has 0 aromatic heterocycles. The number of anilines is 2. The maximum atomic E-state index is 12.9. The normalized spacial score (nSPS) is 21.3. The van der Waals surface area contributed by atoms with Crippen molar-refractivity contribution < 1.29 is 28.7 Å². The van der Waals surface area contributed by atoms with Gasteiger partial charge in [-0.2, -0.15) is 0 Å². The van der Waals surface area contributed by atoms with Gasteiger partial charge in [-0.05, 0) is 54.8 Å². The average molecular weight is 483 g/mol. The molecule has 1 saturated heterocycles. The first-order valence-electron chi connectivity index (χ1n) is 10.7. The van der Waals surface area contributed by atoms with Gasteiger partial charge in [0.25, 0.3) is 5.91 Å². The van der Waals surface area contributed by atoms with E-state index in [1.807, 2.05) is 19.1 Å². The average Bonchev–Trinajstić information content (AvgIpc) is 3.08. The minimum Gasteiger partial charge on any atom is -0.495 e. The topological polar surface area (TPSA) is 102 Å². The van der Waals surface area contributed by atoms with Crippen LogP contribution in [0.3, 0.4) is 0 Å². The standard InChI is InChI=1S/C25H23ClN2O6/c1-14-4-3-5-18-22(14)24(31)28(23(18)30)17-9-6-15(7-10-17)25(32)34-13-21(29)27-19-12-16(26)8-11-20(19)33-2/h3-4,6-12,14,18,22H,5,13H2,1-2H3,(H,27,29)/t14-,18+,22+/m0/s1. The van der Waals surface area contributed by atoms with Gasteiger partial charge in [0.2, 0.25) is 11.8 Å². The van der Waals surface area contributed by atoms with Gasteiger partial charge in [0.1, 0.15) is 5.75 Å². The van der Waals surface area contributed by atoms with E-state index in [2.05, 4.69) is 5.32 Å². The van der Waals surface area contributed by atoms with Gasteiger partial charge < -0.3 is 14.8 Å². The van der Waals surface area contributed by atoms with E-state index in [4.69, 9.17) is 21.1 Å². The number of nitrogens with one attached hydrogen (secondary N) is 1. The molecule has 0 unspecified atom stereocenters. The maximum absolute atomic E-state index is 12.9. The summed E-state index contributed by atoms with van der Waals surface area (Å²) in [6, 6.07) is 10.7. The largest absolute Gasteiger partial charge is 0.495 e. The van der Waals surface area contributed by atoms with E-state index < -0.39 is 18.5 Å². The summed E-state index contributed by atoms with van der Waals surface area (Å²) in [4.78, 5) is 51.5. The van der Waals surface area contributed by atoms with Crippen LogP contribution in [0.2, 0.25) is 5.02 Å². The molecule has 2 aromatic carbocycles. The maximum Gasteiger partial charge on any atom is 0.338 e. The van der Waals surface area contributed by atoms with Crippen LogP contribution >= 0.6 is 11.6 Å². The number of carbonyl (C=O) groups is 4. The number of imide groups is 1. The SMILES string of the molecule is COc1ccc(Cl)cc1NC(=O)COC(=O)c1ccc(N2C(=O)[C@@H]3[C@@H](C)C=CC[C@H]3C2=O)cc1. The van der Waals surface area contributed by atoms with Crippen molar-refractivity contribution >= 4 is 46.7 Å². The fourth-order valence-electron chi connectivity index (χ4n) is 4.33. The van der Waals surface area contributed by atoms with Crippen LogP contribution in [0.4, 0.5) is 11.4 Å². The lowest BCUT2D eigenvalue weighted by atomic mass is 9.78. The van der Waals surface area contributed by atoms with Gasteiger partial charge in [0.15, 0.2) is 6.61 Å². The number of carbonyl (C=O) groups excluding carboxylic acids is 4. The van der Waals surface area contributed by atoms with Crippen molar-refractivity contribution in [3.8, 4) is 5.75 Å². The molecule has 3 amide bonds. The molecule has 1 fully saturated rings. The Morgan fingerprint density at radius 2 is 1.85 bits per heavy atom. The Morgan fingerprint density at radius 1 is 1.12 bits per heavy atom. The number of rotatable bonds is 6. The summed E-state index contributed by atoms with van der Waals surface area (Å²) in [5, 5.41) is 2.99. The molecule has 0 radical (unpaired) electrons.